The molecule has 0 amide bonds. The molecular weight excluding hydrogens is 418 g/mol. The predicted molar refractivity (Wildman–Crippen MR) is 117 cm³/mol. The molecule has 0 bridgehead atoms. The van der Waals surface area contributed by atoms with E-state index >= 15 is 0 Å². The molecule has 0 saturated carbocycles. The number of benzene rings is 2. The lowest BCUT2D eigenvalue weighted by molar-refractivity contribution is -0.384. The summed E-state index contributed by atoms with van der Waals surface area (Å²) in [6, 6.07) is 13.1. The third-order valence-electron chi connectivity index (χ3n) is 4.12. The van der Waals surface area contributed by atoms with Crippen molar-refractivity contribution >= 4 is 34.9 Å². The van der Waals surface area contributed by atoms with E-state index in [-0.39, 0.29) is 35.6 Å². The fraction of sp³-hybridized carbons (Fsp3) is 0.200. The number of anilines is 4. The summed E-state index contributed by atoms with van der Waals surface area (Å²) in [5, 5.41) is 17.1. The number of ether oxygens (including phenoxy) is 2. The molecule has 12 heteroatoms. The van der Waals surface area contributed by atoms with Crippen molar-refractivity contribution in [2.24, 2.45) is 0 Å². The molecule has 1 aromatic heterocycles. The number of esters is 1. The Bertz CT molecular complexity index is 1090. The van der Waals surface area contributed by atoms with E-state index < -0.39 is 10.9 Å². The first-order chi connectivity index (χ1) is 15.5. The van der Waals surface area contributed by atoms with Crippen LogP contribution in [0.25, 0.3) is 0 Å². The molecule has 0 spiro atoms. The Hall–Kier alpha value is -4.32. The Kier molecular flexibility index (Phi) is 7.43. The normalized spacial score (nSPS) is 10.4. The van der Waals surface area contributed by atoms with E-state index in [1.54, 1.807) is 0 Å². The first-order valence-corrected chi connectivity index (χ1v) is 9.47. The molecule has 0 atom stereocenters. The highest BCUT2D eigenvalue weighted by molar-refractivity contribution is 5.96. The van der Waals surface area contributed by atoms with Crippen molar-refractivity contribution in [2.45, 2.75) is 6.61 Å². The summed E-state index contributed by atoms with van der Waals surface area (Å²) in [5.74, 6) is -0.539. The van der Waals surface area contributed by atoms with Crippen LogP contribution in [0.1, 0.15) is 16.2 Å². The number of methoxy groups -OCH3 is 1. The van der Waals surface area contributed by atoms with E-state index in [0.29, 0.717) is 18.8 Å². The van der Waals surface area contributed by atoms with Crippen LogP contribution in [0.15, 0.2) is 48.5 Å². The molecule has 0 saturated heterocycles. The second-order valence-electron chi connectivity index (χ2n) is 6.41. The first kappa shape index (κ1) is 22.4. The van der Waals surface area contributed by atoms with Crippen LogP contribution < -0.4 is 16.4 Å². The van der Waals surface area contributed by atoms with Crippen LogP contribution in [0.3, 0.4) is 0 Å². The number of rotatable bonds is 10. The zero-order valence-electron chi connectivity index (χ0n) is 17.1. The van der Waals surface area contributed by atoms with Gasteiger partial charge in [-0.05, 0) is 18.2 Å². The average Bonchev–Trinajstić information content (AvgIpc) is 2.78. The predicted octanol–water partition coefficient (Wildman–Crippen LogP) is 2.52. The summed E-state index contributed by atoms with van der Waals surface area (Å²) >= 11 is 0. The second-order valence-corrected chi connectivity index (χ2v) is 6.41. The number of para-hydroxylation sites is 1. The summed E-state index contributed by atoms with van der Waals surface area (Å²) < 4.78 is 10.3. The van der Waals surface area contributed by atoms with Gasteiger partial charge in [0.2, 0.25) is 11.9 Å². The van der Waals surface area contributed by atoms with Crippen molar-refractivity contribution < 1.29 is 19.2 Å². The number of hydrogen-bond acceptors (Lipinski definition) is 11. The van der Waals surface area contributed by atoms with Gasteiger partial charge in [-0.3, -0.25) is 10.1 Å². The third-order valence-corrected chi connectivity index (χ3v) is 4.12. The number of nitrogens with zero attached hydrogens (tertiary/aromatic N) is 4. The van der Waals surface area contributed by atoms with E-state index in [4.69, 9.17) is 15.2 Å². The molecule has 166 valence electrons. The number of nitrogens with two attached hydrogens (primary N) is 1. The number of non-ortho nitro benzene ring substituents is 1. The highest BCUT2D eigenvalue weighted by Crippen LogP contribution is 2.23. The van der Waals surface area contributed by atoms with Gasteiger partial charge in [0, 0.05) is 37.2 Å². The minimum Gasteiger partial charge on any atom is -0.454 e. The molecule has 3 aromatic rings. The molecule has 0 aliphatic carbocycles. The SMILES string of the molecule is COCCNc1ccc([N+](=O)[O-])cc1C(=O)OCc1nc(N)nc(Nc2ccccc2)n1. The fourth-order valence-electron chi connectivity index (χ4n) is 2.67. The van der Waals surface area contributed by atoms with Crippen molar-refractivity contribution in [2.75, 3.05) is 36.6 Å². The Labute approximate surface area is 183 Å². The van der Waals surface area contributed by atoms with Gasteiger partial charge >= 0.3 is 5.97 Å². The Morgan fingerprint density at radius 3 is 2.66 bits per heavy atom. The number of aromatic nitrogens is 3. The van der Waals surface area contributed by atoms with E-state index in [1.807, 2.05) is 30.3 Å². The lowest BCUT2D eigenvalue weighted by atomic mass is 10.1. The van der Waals surface area contributed by atoms with Crippen molar-refractivity contribution in [3.05, 3.63) is 70.0 Å². The van der Waals surface area contributed by atoms with E-state index in [9.17, 15) is 14.9 Å². The first-order valence-electron chi connectivity index (χ1n) is 9.47. The molecule has 0 aliphatic heterocycles. The molecule has 3 rings (SSSR count). The second kappa shape index (κ2) is 10.6. The highest BCUT2D eigenvalue weighted by atomic mass is 16.6. The number of nitrogens with one attached hydrogen (secondary N) is 2. The number of hydrogen-bond donors (Lipinski definition) is 3. The Morgan fingerprint density at radius 1 is 1.16 bits per heavy atom. The summed E-state index contributed by atoms with van der Waals surface area (Å²) in [6.07, 6.45) is 0. The maximum absolute atomic E-state index is 12.7. The summed E-state index contributed by atoms with van der Waals surface area (Å²) in [6.45, 7) is 0.467. The lowest BCUT2D eigenvalue weighted by Gasteiger charge is -2.12. The van der Waals surface area contributed by atoms with E-state index in [0.717, 1.165) is 11.8 Å². The Morgan fingerprint density at radius 2 is 1.94 bits per heavy atom. The minimum absolute atomic E-state index is 0.0000323. The van der Waals surface area contributed by atoms with Gasteiger partial charge in [0.1, 0.15) is 0 Å². The molecule has 12 nitrogen and oxygen atoms in total. The van der Waals surface area contributed by atoms with Gasteiger partial charge < -0.3 is 25.8 Å². The molecule has 0 aliphatic rings. The summed E-state index contributed by atoms with van der Waals surface area (Å²) in [4.78, 5) is 35.4. The fourth-order valence-corrected chi connectivity index (χ4v) is 2.67. The third kappa shape index (κ3) is 6.09. The van der Waals surface area contributed by atoms with Gasteiger partial charge in [0.25, 0.3) is 5.69 Å². The van der Waals surface area contributed by atoms with Crippen LogP contribution in [-0.2, 0) is 16.1 Å². The van der Waals surface area contributed by atoms with Crippen molar-refractivity contribution in [3.63, 3.8) is 0 Å². The monoisotopic (exact) mass is 439 g/mol. The van der Waals surface area contributed by atoms with Crippen molar-refractivity contribution in [1.82, 2.24) is 15.0 Å². The maximum Gasteiger partial charge on any atom is 0.340 e. The topological polar surface area (TPSA) is 167 Å². The number of nitrogen functional groups attached to an aromatic ring is 1. The van der Waals surface area contributed by atoms with Crippen LogP contribution in [-0.4, -0.2) is 46.1 Å². The van der Waals surface area contributed by atoms with Crippen LogP contribution in [0.5, 0.6) is 0 Å². The summed E-state index contributed by atoms with van der Waals surface area (Å²) in [7, 11) is 1.54. The molecule has 0 fully saturated rings. The smallest absolute Gasteiger partial charge is 0.340 e. The van der Waals surface area contributed by atoms with Crippen LogP contribution in [0.4, 0.5) is 29.0 Å². The molecule has 4 N–H and O–H groups in total. The van der Waals surface area contributed by atoms with Gasteiger partial charge in [0.05, 0.1) is 17.1 Å². The van der Waals surface area contributed by atoms with Crippen molar-refractivity contribution in [3.8, 4) is 0 Å². The molecule has 1 heterocycles. The zero-order valence-corrected chi connectivity index (χ0v) is 17.1. The van der Waals surface area contributed by atoms with E-state index in [2.05, 4.69) is 25.6 Å². The van der Waals surface area contributed by atoms with Crippen molar-refractivity contribution in [1.29, 1.82) is 0 Å². The molecule has 0 unspecified atom stereocenters. The van der Waals surface area contributed by atoms with Gasteiger partial charge in [-0.1, -0.05) is 18.2 Å². The number of carbonyl (C=O) groups excluding carboxylic acids is 1. The quantitative estimate of drug-likeness (QED) is 0.184. The number of nitro benzene ring substituents is 1. The molecule has 32 heavy (non-hydrogen) atoms. The average molecular weight is 439 g/mol. The van der Waals surface area contributed by atoms with Crippen LogP contribution in [0.2, 0.25) is 0 Å². The maximum atomic E-state index is 12.7. The van der Waals surface area contributed by atoms with Crippen LogP contribution >= 0.6 is 0 Å². The summed E-state index contributed by atoms with van der Waals surface area (Å²) in [5.41, 5.74) is 6.61. The molecular formula is C20H21N7O5. The minimum atomic E-state index is -0.787. The van der Waals surface area contributed by atoms with Gasteiger partial charge in [-0.15, -0.1) is 0 Å². The highest BCUT2D eigenvalue weighted by Gasteiger charge is 2.19. The van der Waals surface area contributed by atoms with Gasteiger partial charge in [-0.2, -0.15) is 15.0 Å². The standard InChI is InChI=1S/C20H21N7O5/c1-31-10-9-22-16-8-7-14(27(29)30)11-15(16)18(28)32-12-17-24-19(21)26-20(25-17)23-13-5-3-2-4-6-13/h2-8,11,22H,9-10,12H2,1H3,(H3,21,23,24,25,26). The molecule has 0 radical (unpaired) electrons. The van der Waals surface area contributed by atoms with Crippen LogP contribution in [0, 0.1) is 10.1 Å². The van der Waals surface area contributed by atoms with Gasteiger partial charge in [0.15, 0.2) is 12.4 Å². The van der Waals surface area contributed by atoms with E-state index in [1.165, 1.54) is 19.2 Å². The number of carbonyl (C=O) groups is 1. The largest absolute Gasteiger partial charge is 0.454 e. The zero-order chi connectivity index (χ0) is 22.9. The lowest BCUT2D eigenvalue weighted by Crippen LogP contribution is -2.15. The Balaban J connectivity index is 1.74. The van der Waals surface area contributed by atoms with Gasteiger partial charge in [-0.25, -0.2) is 4.79 Å². The number of nitro groups is 1. The molecule has 2 aromatic carbocycles.